The van der Waals surface area contributed by atoms with E-state index in [0.717, 1.165) is 57.9 Å². The summed E-state index contributed by atoms with van der Waals surface area (Å²) >= 11 is 0. The van der Waals surface area contributed by atoms with Crippen molar-refractivity contribution in [3.8, 4) is 0 Å². The maximum atomic E-state index is 12.9. The fourth-order valence-electron chi connectivity index (χ4n) is 3.74. The standard InChI is InChI=1S/C17H28N4O2/c1-13-11-14(2)21(18-13)12-16-5-4-6-20(16)17(22)15(3)19-7-9-23-10-8-19/h11,15-16H,4-10,12H2,1-3H3/t15-,16-/m0/s1. The van der Waals surface area contributed by atoms with Gasteiger partial charge in [0, 0.05) is 25.3 Å². The number of hydrogen-bond acceptors (Lipinski definition) is 4. The lowest BCUT2D eigenvalue weighted by atomic mass is 10.2. The number of morpholine rings is 1. The first-order chi connectivity index (χ1) is 11.1. The van der Waals surface area contributed by atoms with E-state index < -0.39 is 0 Å². The maximum Gasteiger partial charge on any atom is 0.239 e. The summed E-state index contributed by atoms with van der Waals surface area (Å²) in [6.45, 7) is 11.0. The molecule has 0 spiro atoms. The first-order valence-electron chi connectivity index (χ1n) is 8.69. The second-order valence-corrected chi connectivity index (χ2v) is 6.76. The molecule has 0 saturated carbocycles. The second-order valence-electron chi connectivity index (χ2n) is 6.76. The monoisotopic (exact) mass is 320 g/mol. The van der Waals surface area contributed by atoms with Gasteiger partial charge in [-0.3, -0.25) is 14.4 Å². The van der Waals surface area contributed by atoms with Crippen LogP contribution in [0.5, 0.6) is 0 Å². The van der Waals surface area contributed by atoms with Crippen LogP contribution in [-0.4, -0.2) is 70.4 Å². The first kappa shape index (κ1) is 16.5. The summed E-state index contributed by atoms with van der Waals surface area (Å²) in [5.41, 5.74) is 2.21. The molecule has 3 rings (SSSR count). The van der Waals surface area contributed by atoms with Crippen molar-refractivity contribution >= 4 is 5.91 Å². The van der Waals surface area contributed by atoms with Gasteiger partial charge in [-0.25, -0.2) is 0 Å². The minimum absolute atomic E-state index is 0.0556. The van der Waals surface area contributed by atoms with E-state index in [0.29, 0.717) is 0 Å². The number of amides is 1. The van der Waals surface area contributed by atoms with E-state index in [1.807, 2.05) is 18.5 Å². The van der Waals surface area contributed by atoms with E-state index in [1.165, 1.54) is 5.69 Å². The predicted molar refractivity (Wildman–Crippen MR) is 88.3 cm³/mol. The molecule has 0 bridgehead atoms. The number of likely N-dealkylation sites (tertiary alicyclic amines) is 1. The van der Waals surface area contributed by atoms with Crippen molar-refractivity contribution in [1.29, 1.82) is 0 Å². The Kier molecular flexibility index (Phi) is 5.02. The Labute approximate surface area is 138 Å². The van der Waals surface area contributed by atoms with Crippen LogP contribution in [0.3, 0.4) is 0 Å². The van der Waals surface area contributed by atoms with Crippen molar-refractivity contribution in [2.24, 2.45) is 0 Å². The number of nitrogens with zero attached hydrogens (tertiary/aromatic N) is 4. The molecule has 2 aliphatic heterocycles. The fourth-order valence-corrected chi connectivity index (χ4v) is 3.74. The van der Waals surface area contributed by atoms with Crippen molar-refractivity contribution in [3.05, 3.63) is 17.5 Å². The van der Waals surface area contributed by atoms with E-state index in [9.17, 15) is 4.79 Å². The number of carbonyl (C=O) groups excluding carboxylic acids is 1. The maximum absolute atomic E-state index is 12.9. The molecule has 128 valence electrons. The van der Waals surface area contributed by atoms with Gasteiger partial charge in [0.25, 0.3) is 0 Å². The predicted octanol–water partition coefficient (Wildman–Crippen LogP) is 1.21. The van der Waals surface area contributed by atoms with Crippen LogP contribution in [0, 0.1) is 13.8 Å². The van der Waals surface area contributed by atoms with Crippen LogP contribution in [0.4, 0.5) is 0 Å². The molecule has 3 heterocycles. The zero-order valence-electron chi connectivity index (χ0n) is 14.5. The van der Waals surface area contributed by atoms with Crippen LogP contribution in [0.2, 0.25) is 0 Å². The molecule has 1 aromatic rings. The molecule has 1 aromatic heterocycles. The lowest BCUT2D eigenvalue weighted by Gasteiger charge is -2.35. The van der Waals surface area contributed by atoms with E-state index >= 15 is 0 Å². The smallest absolute Gasteiger partial charge is 0.239 e. The summed E-state index contributed by atoms with van der Waals surface area (Å²) in [5, 5.41) is 4.55. The number of hydrogen-bond donors (Lipinski definition) is 0. The van der Waals surface area contributed by atoms with Crippen LogP contribution in [-0.2, 0) is 16.1 Å². The number of carbonyl (C=O) groups is 1. The van der Waals surface area contributed by atoms with Gasteiger partial charge in [-0.05, 0) is 39.7 Å². The van der Waals surface area contributed by atoms with Gasteiger partial charge in [-0.15, -0.1) is 0 Å². The largest absolute Gasteiger partial charge is 0.379 e. The van der Waals surface area contributed by atoms with E-state index in [1.54, 1.807) is 0 Å². The summed E-state index contributed by atoms with van der Waals surface area (Å²) in [6.07, 6.45) is 2.16. The Bertz CT molecular complexity index is 551. The molecule has 1 amide bonds. The highest BCUT2D eigenvalue weighted by atomic mass is 16.5. The molecule has 0 aliphatic carbocycles. The topological polar surface area (TPSA) is 50.6 Å². The fraction of sp³-hybridized carbons (Fsp3) is 0.765. The highest BCUT2D eigenvalue weighted by Gasteiger charge is 2.34. The number of rotatable bonds is 4. The van der Waals surface area contributed by atoms with E-state index in [-0.39, 0.29) is 18.0 Å². The van der Waals surface area contributed by atoms with E-state index in [4.69, 9.17) is 4.74 Å². The zero-order chi connectivity index (χ0) is 16.4. The third kappa shape index (κ3) is 3.58. The SMILES string of the molecule is Cc1cc(C)n(C[C@@H]2CCCN2C(=O)[C@H](C)N2CCOCC2)n1. The summed E-state index contributed by atoms with van der Waals surface area (Å²) < 4.78 is 7.44. The Morgan fingerprint density at radius 3 is 2.74 bits per heavy atom. The van der Waals surface area contributed by atoms with Crippen LogP contribution in [0.1, 0.15) is 31.2 Å². The van der Waals surface area contributed by atoms with Gasteiger partial charge in [0.2, 0.25) is 5.91 Å². The zero-order valence-corrected chi connectivity index (χ0v) is 14.5. The minimum Gasteiger partial charge on any atom is -0.379 e. The van der Waals surface area contributed by atoms with Crippen molar-refractivity contribution in [1.82, 2.24) is 19.6 Å². The Morgan fingerprint density at radius 1 is 1.35 bits per heavy atom. The number of ether oxygens (including phenoxy) is 1. The lowest BCUT2D eigenvalue weighted by Crippen LogP contribution is -2.52. The van der Waals surface area contributed by atoms with Gasteiger partial charge < -0.3 is 9.64 Å². The summed E-state index contributed by atoms with van der Waals surface area (Å²) in [5.74, 6) is 0.260. The quantitative estimate of drug-likeness (QED) is 0.837. The number of aromatic nitrogens is 2. The average molecular weight is 320 g/mol. The molecule has 2 aliphatic rings. The Balaban J connectivity index is 1.65. The van der Waals surface area contributed by atoms with Crippen LogP contribution in [0.15, 0.2) is 6.07 Å². The van der Waals surface area contributed by atoms with Crippen molar-refractivity contribution < 1.29 is 9.53 Å². The molecule has 2 fully saturated rings. The van der Waals surface area contributed by atoms with Crippen LogP contribution in [0.25, 0.3) is 0 Å². The second kappa shape index (κ2) is 7.01. The summed E-state index contributed by atoms with van der Waals surface area (Å²) in [7, 11) is 0. The highest BCUT2D eigenvalue weighted by Crippen LogP contribution is 2.22. The van der Waals surface area contributed by atoms with Crippen molar-refractivity contribution in [2.75, 3.05) is 32.8 Å². The molecule has 0 N–H and O–H groups in total. The average Bonchev–Trinajstić information content (AvgIpc) is 3.13. The molecular formula is C17H28N4O2. The van der Waals surface area contributed by atoms with Gasteiger partial charge >= 0.3 is 0 Å². The van der Waals surface area contributed by atoms with E-state index in [2.05, 4.69) is 27.9 Å². The van der Waals surface area contributed by atoms with Crippen LogP contribution >= 0.6 is 0 Å². The normalized spacial score (nSPS) is 24.1. The molecule has 2 atom stereocenters. The van der Waals surface area contributed by atoms with Gasteiger partial charge in [0.15, 0.2) is 0 Å². The first-order valence-corrected chi connectivity index (χ1v) is 8.69. The summed E-state index contributed by atoms with van der Waals surface area (Å²) in [4.78, 5) is 17.3. The molecule has 6 heteroatoms. The molecule has 6 nitrogen and oxygen atoms in total. The lowest BCUT2D eigenvalue weighted by molar-refractivity contribution is -0.139. The molecule has 2 saturated heterocycles. The van der Waals surface area contributed by atoms with Gasteiger partial charge in [-0.1, -0.05) is 0 Å². The van der Waals surface area contributed by atoms with Crippen molar-refractivity contribution in [2.45, 2.75) is 52.2 Å². The van der Waals surface area contributed by atoms with Gasteiger partial charge in [0.1, 0.15) is 0 Å². The third-order valence-electron chi connectivity index (χ3n) is 5.10. The Hall–Kier alpha value is -1.40. The third-order valence-corrected chi connectivity index (χ3v) is 5.10. The molecule has 0 unspecified atom stereocenters. The molecular weight excluding hydrogens is 292 g/mol. The minimum atomic E-state index is -0.0556. The molecule has 23 heavy (non-hydrogen) atoms. The van der Waals surface area contributed by atoms with Gasteiger partial charge in [-0.2, -0.15) is 5.10 Å². The highest BCUT2D eigenvalue weighted by molar-refractivity contribution is 5.82. The molecule has 0 radical (unpaired) electrons. The Morgan fingerprint density at radius 2 is 2.09 bits per heavy atom. The number of aryl methyl sites for hydroxylation is 2. The summed E-state index contributed by atoms with van der Waals surface area (Å²) in [6, 6.07) is 2.31. The molecule has 0 aromatic carbocycles. The van der Waals surface area contributed by atoms with Crippen LogP contribution < -0.4 is 0 Å². The van der Waals surface area contributed by atoms with Gasteiger partial charge in [0.05, 0.1) is 37.5 Å². The van der Waals surface area contributed by atoms with Crippen molar-refractivity contribution in [3.63, 3.8) is 0 Å².